The van der Waals surface area contributed by atoms with Crippen LogP contribution in [0.15, 0.2) is 47.5 Å². The summed E-state index contributed by atoms with van der Waals surface area (Å²) in [5.74, 6) is -0.495. The van der Waals surface area contributed by atoms with Gasteiger partial charge in [0.25, 0.3) is 0 Å². The highest BCUT2D eigenvalue weighted by Crippen LogP contribution is 2.49. The van der Waals surface area contributed by atoms with E-state index in [0.29, 0.717) is 5.56 Å². The first-order valence-electron chi connectivity index (χ1n) is 10.7. The van der Waals surface area contributed by atoms with Crippen molar-refractivity contribution in [3.63, 3.8) is 0 Å². The van der Waals surface area contributed by atoms with Crippen LogP contribution in [0.5, 0.6) is 0 Å². The highest BCUT2D eigenvalue weighted by atomic mass is 19.1. The Morgan fingerprint density at radius 1 is 1.10 bits per heavy atom. The zero-order chi connectivity index (χ0) is 22.8. The minimum atomic E-state index is -1.13. The average molecular weight is 423 g/mol. The minimum absolute atomic E-state index is 0.0597. The molecule has 0 saturated heterocycles. The molecule has 164 valence electrons. The molecule has 0 bridgehead atoms. The van der Waals surface area contributed by atoms with Crippen molar-refractivity contribution in [2.24, 2.45) is 16.1 Å². The van der Waals surface area contributed by atoms with Gasteiger partial charge >= 0.3 is 0 Å². The number of fused-ring (bicyclic) bond motifs is 1. The number of anilines is 1. The lowest BCUT2D eigenvalue weighted by Gasteiger charge is -2.46. The highest BCUT2D eigenvalue weighted by Gasteiger charge is 2.53. The maximum Gasteiger partial charge on any atom is 0.237 e. The van der Waals surface area contributed by atoms with E-state index in [1.807, 2.05) is 0 Å². The summed E-state index contributed by atoms with van der Waals surface area (Å²) in [6.45, 7) is 9.85. The van der Waals surface area contributed by atoms with Crippen LogP contribution < -0.4 is 11.1 Å². The Bertz CT molecular complexity index is 1090. The molecule has 1 unspecified atom stereocenters. The van der Waals surface area contributed by atoms with Gasteiger partial charge < -0.3 is 11.1 Å². The Balaban J connectivity index is 1.75. The zero-order valence-electron chi connectivity index (χ0n) is 19.1. The maximum atomic E-state index is 15.1. The number of halogens is 1. The van der Waals surface area contributed by atoms with E-state index in [1.54, 1.807) is 40.0 Å². The van der Waals surface area contributed by atoms with Crippen molar-refractivity contribution < 1.29 is 9.18 Å². The van der Waals surface area contributed by atoms with Crippen molar-refractivity contribution in [2.75, 3.05) is 12.4 Å². The Morgan fingerprint density at radius 3 is 2.48 bits per heavy atom. The smallest absolute Gasteiger partial charge is 0.237 e. The molecule has 31 heavy (non-hydrogen) atoms. The van der Waals surface area contributed by atoms with Crippen molar-refractivity contribution in [1.29, 1.82) is 0 Å². The number of benzene rings is 2. The van der Waals surface area contributed by atoms with E-state index in [2.05, 4.69) is 48.4 Å². The number of amides is 1. The molecule has 2 aromatic carbocycles. The van der Waals surface area contributed by atoms with Gasteiger partial charge in [-0.15, -0.1) is 0 Å². The van der Waals surface area contributed by atoms with Crippen LogP contribution in [0.25, 0.3) is 0 Å². The van der Waals surface area contributed by atoms with E-state index in [9.17, 15) is 4.79 Å². The van der Waals surface area contributed by atoms with Gasteiger partial charge in [-0.25, -0.2) is 9.38 Å². The Morgan fingerprint density at radius 2 is 1.77 bits per heavy atom. The molecule has 0 radical (unpaired) electrons. The SMILES string of the molecule is CN1C(=O)C(C)(C)[C@@](C)(c2cc(NC3CC(C)(C)c4ccccc43)ccc2F)N=C1N. The molecule has 6 heteroatoms. The van der Waals surface area contributed by atoms with Gasteiger partial charge in [-0.2, -0.15) is 0 Å². The van der Waals surface area contributed by atoms with Crippen LogP contribution in [0, 0.1) is 11.2 Å². The third kappa shape index (κ3) is 3.11. The molecule has 1 heterocycles. The molecule has 1 aliphatic carbocycles. The topological polar surface area (TPSA) is 70.7 Å². The van der Waals surface area contributed by atoms with Gasteiger partial charge in [-0.05, 0) is 61.9 Å². The lowest BCUT2D eigenvalue weighted by Crippen LogP contribution is -2.58. The first-order chi connectivity index (χ1) is 14.4. The van der Waals surface area contributed by atoms with Gasteiger partial charge in [-0.3, -0.25) is 9.69 Å². The third-order valence-corrected chi connectivity index (χ3v) is 7.35. The highest BCUT2D eigenvalue weighted by molar-refractivity contribution is 6.01. The van der Waals surface area contributed by atoms with E-state index in [0.717, 1.165) is 12.1 Å². The summed E-state index contributed by atoms with van der Waals surface area (Å²) in [5.41, 5.74) is 7.74. The van der Waals surface area contributed by atoms with Crippen LogP contribution in [0.1, 0.15) is 63.8 Å². The number of nitrogens with one attached hydrogen (secondary N) is 1. The zero-order valence-corrected chi connectivity index (χ0v) is 19.1. The van der Waals surface area contributed by atoms with Crippen LogP contribution in [0.2, 0.25) is 0 Å². The Labute approximate surface area is 183 Å². The quantitative estimate of drug-likeness (QED) is 0.754. The largest absolute Gasteiger partial charge is 0.378 e. The van der Waals surface area contributed by atoms with Crippen LogP contribution >= 0.6 is 0 Å². The number of hydrogen-bond acceptors (Lipinski definition) is 4. The molecule has 1 amide bonds. The lowest BCUT2D eigenvalue weighted by atomic mass is 9.67. The second kappa shape index (κ2) is 6.81. The normalized spacial score (nSPS) is 26.4. The number of carbonyl (C=O) groups is 1. The van der Waals surface area contributed by atoms with Gasteiger partial charge in [0, 0.05) is 18.3 Å². The molecule has 0 saturated carbocycles. The van der Waals surface area contributed by atoms with Crippen molar-refractivity contribution in [3.05, 3.63) is 65.0 Å². The molecule has 2 aromatic rings. The molecular weight excluding hydrogens is 391 g/mol. The predicted octanol–water partition coefficient (Wildman–Crippen LogP) is 4.69. The van der Waals surface area contributed by atoms with E-state index < -0.39 is 16.8 Å². The first-order valence-corrected chi connectivity index (χ1v) is 10.7. The molecular formula is C25H31FN4O. The number of nitrogens with zero attached hydrogens (tertiary/aromatic N) is 2. The molecule has 0 aromatic heterocycles. The summed E-state index contributed by atoms with van der Waals surface area (Å²) < 4.78 is 15.1. The minimum Gasteiger partial charge on any atom is -0.378 e. The van der Waals surface area contributed by atoms with Crippen molar-refractivity contribution >= 4 is 17.6 Å². The van der Waals surface area contributed by atoms with E-state index in [1.165, 1.54) is 22.1 Å². The van der Waals surface area contributed by atoms with Gasteiger partial charge in [0.15, 0.2) is 5.96 Å². The molecule has 0 fully saturated rings. The fourth-order valence-corrected chi connectivity index (χ4v) is 5.04. The molecule has 3 N–H and O–H groups in total. The number of rotatable bonds is 3. The summed E-state index contributed by atoms with van der Waals surface area (Å²) in [6.07, 6.45) is 0.941. The van der Waals surface area contributed by atoms with Crippen LogP contribution in [-0.2, 0) is 15.7 Å². The standard InChI is InChI=1S/C25H31FN4O/c1-23(2)14-20(16-9-7-8-10-17(16)23)28-15-11-12-19(26)18(13-15)25(5)24(3,4)21(31)30(6)22(27)29-25/h7-13,20,28H,14H2,1-6H3,(H2,27,29)/t20?,25-/m1/s1. The van der Waals surface area contributed by atoms with Crippen LogP contribution in [0.3, 0.4) is 0 Å². The second-order valence-corrected chi connectivity index (χ2v) is 10.1. The number of carbonyl (C=O) groups excluding carboxylic acids is 1. The second-order valence-electron chi connectivity index (χ2n) is 10.1. The summed E-state index contributed by atoms with van der Waals surface area (Å²) in [7, 11) is 1.59. The summed E-state index contributed by atoms with van der Waals surface area (Å²) in [5, 5.41) is 3.59. The summed E-state index contributed by atoms with van der Waals surface area (Å²) in [6, 6.07) is 13.5. The molecule has 1 aliphatic heterocycles. The third-order valence-electron chi connectivity index (χ3n) is 7.35. The number of guanidine groups is 1. The molecule has 2 atom stereocenters. The van der Waals surface area contributed by atoms with Gasteiger partial charge in [0.1, 0.15) is 11.4 Å². The molecule has 4 rings (SSSR count). The van der Waals surface area contributed by atoms with Crippen molar-refractivity contribution in [3.8, 4) is 0 Å². The lowest BCUT2D eigenvalue weighted by molar-refractivity contribution is -0.140. The van der Waals surface area contributed by atoms with Crippen LogP contribution in [0.4, 0.5) is 10.1 Å². The Hall–Kier alpha value is -2.89. The number of nitrogens with two attached hydrogens (primary N) is 1. The predicted molar refractivity (Wildman–Crippen MR) is 122 cm³/mol. The van der Waals surface area contributed by atoms with Crippen LogP contribution in [-0.4, -0.2) is 23.8 Å². The molecule has 2 aliphatic rings. The van der Waals surface area contributed by atoms with Gasteiger partial charge in [-0.1, -0.05) is 38.1 Å². The summed E-state index contributed by atoms with van der Waals surface area (Å²) in [4.78, 5) is 18.9. The maximum absolute atomic E-state index is 15.1. The monoisotopic (exact) mass is 422 g/mol. The van der Waals surface area contributed by atoms with Crippen molar-refractivity contribution in [1.82, 2.24) is 4.90 Å². The fraction of sp³-hybridized carbons (Fsp3) is 0.440. The van der Waals surface area contributed by atoms with Crippen molar-refractivity contribution in [2.45, 2.75) is 58.0 Å². The molecule has 5 nitrogen and oxygen atoms in total. The van der Waals surface area contributed by atoms with E-state index in [-0.39, 0.29) is 23.3 Å². The number of aliphatic imine (C=N–C) groups is 1. The average Bonchev–Trinajstić information content (AvgIpc) is 2.97. The Kier molecular flexibility index (Phi) is 4.69. The van der Waals surface area contributed by atoms with E-state index in [4.69, 9.17) is 5.73 Å². The van der Waals surface area contributed by atoms with Gasteiger partial charge in [0.2, 0.25) is 5.91 Å². The first kappa shape index (κ1) is 21.3. The fourth-order valence-electron chi connectivity index (χ4n) is 5.04. The number of hydrogen-bond donors (Lipinski definition) is 2. The van der Waals surface area contributed by atoms with E-state index >= 15 is 4.39 Å². The van der Waals surface area contributed by atoms with Gasteiger partial charge in [0.05, 0.1) is 11.5 Å². The summed E-state index contributed by atoms with van der Waals surface area (Å²) >= 11 is 0. The molecule has 0 spiro atoms.